The van der Waals surface area contributed by atoms with E-state index in [1.54, 1.807) is 0 Å². The Morgan fingerprint density at radius 1 is 1.20 bits per heavy atom. The summed E-state index contributed by atoms with van der Waals surface area (Å²) in [6.07, 6.45) is 5.35. The molecule has 0 atom stereocenters. The third kappa shape index (κ3) is 2.97. The van der Waals surface area contributed by atoms with E-state index < -0.39 is 23.4 Å². The lowest BCUT2D eigenvalue weighted by atomic mass is 9.83. The van der Waals surface area contributed by atoms with E-state index in [9.17, 15) is 18.0 Å². The maximum atomic E-state index is 13.1. The summed E-state index contributed by atoms with van der Waals surface area (Å²) >= 11 is 0. The molecule has 110 valence electrons. The highest BCUT2D eigenvalue weighted by Crippen LogP contribution is 2.40. The summed E-state index contributed by atoms with van der Waals surface area (Å²) in [6.45, 7) is 2.57. The molecule has 1 aliphatic rings. The van der Waals surface area contributed by atoms with Gasteiger partial charge in [-0.05, 0) is 36.8 Å². The molecule has 0 unspecified atom stereocenters. The van der Waals surface area contributed by atoms with Crippen molar-refractivity contribution in [1.29, 1.82) is 0 Å². The minimum atomic E-state index is -1.55. The number of hydrogen-bond acceptors (Lipinski definition) is 1. The Labute approximate surface area is 116 Å². The van der Waals surface area contributed by atoms with Crippen LogP contribution in [0, 0.1) is 22.9 Å². The standard InChI is InChI=1S/C15H18F3NO/c1-2-15(5-3-4-6-15)9-19-14(20)10-7-11(16)13(18)12(17)8-10/h7-8H,2-6,9H2,1H3,(H,19,20). The molecule has 0 heterocycles. The Morgan fingerprint density at radius 2 is 1.75 bits per heavy atom. The van der Waals surface area contributed by atoms with Crippen molar-refractivity contribution in [2.24, 2.45) is 5.41 Å². The molecular weight excluding hydrogens is 267 g/mol. The van der Waals surface area contributed by atoms with Gasteiger partial charge < -0.3 is 5.32 Å². The third-order valence-corrected chi connectivity index (χ3v) is 4.28. The van der Waals surface area contributed by atoms with Gasteiger partial charge in [-0.15, -0.1) is 0 Å². The van der Waals surface area contributed by atoms with E-state index in [4.69, 9.17) is 0 Å². The van der Waals surface area contributed by atoms with Crippen molar-refractivity contribution in [3.63, 3.8) is 0 Å². The summed E-state index contributed by atoms with van der Waals surface area (Å²) in [6, 6.07) is 1.45. The van der Waals surface area contributed by atoms with Crippen LogP contribution in [0.15, 0.2) is 12.1 Å². The molecule has 1 saturated carbocycles. The fourth-order valence-electron chi connectivity index (χ4n) is 2.84. The van der Waals surface area contributed by atoms with Gasteiger partial charge in [0.15, 0.2) is 17.5 Å². The van der Waals surface area contributed by atoms with Crippen LogP contribution in [0.4, 0.5) is 13.2 Å². The lowest BCUT2D eigenvalue weighted by Gasteiger charge is -2.27. The predicted octanol–water partition coefficient (Wildman–Crippen LogP) is 3.80. The van der Waals surface area contributed by atoms with Crippen molar-refractivity contribution in [2.75, 3.05) is 6.54 Å². The molecule has 0 radical (unpaired) electrons. The number of benzene rings is 1. The van der Waals surface area contributed by atoms with Crippen molar-refractivity contribution in [3.05, 3.63) is 35.1 Å². The fraction of sp³-hybridized carbons (Fsp3) is 0.533. The summed E-state index contributed by atoms with van der Waals surface area (Å²) in [5, 5.41) is 2.71. The second kappa shape index (κ2) is 5.85. The second-order valence-electron chi connectivity index (χ2n) is 5.50. The largest absolute Gasteiger partial charge is 0.351 e. The highest BCUT2D eigenvalue weighted by molar-refractivity contribution is 5.94. The van der Waals surface area contributed by atoms with Gasteiger partial charge in [-0.2, -0.15) is 0 Å². The van der Waals surface area contributed by atoms with E-state index in [-0.39, 0.29) is 11.0 Å². The first-order valence-electron chi connectivity index (χ1n) is 6.90. The third-order valence-electron chi connectivity index (χ3n) is 4.28. The van der Waals surface area contributed by atoms with Gasteiger partial charge in [0.1, 0.15) is 0 Å². The molecule has 2 rings (SSSR count). The van der Waals surface area contributed by atoms with Crippen LogP contribution >= 0.6 is 0 Å². The number of rotatable bonds is 4. The summed E-state index contributed by atoms with van der Waals surface area (Å²) in [5.74, 6) is -4.81. The number of nitrogens with one attached hydrogen (secondary N) is 1. The highest BCUT2D eigenvalue weighted by Gasteiger charge is 2.32. The molecule has 1 N–H and O–H groups in total. The van der Waals surface area contributed by atoms with Crippen LogP contribution in [0.25, 0.3) is 0 Å². The normalized spacial score (nSPS) is 17.2. The molecule has 1 aromatic rings. The Morgan fingerprint density at radius 3 is 2.25 bits per heavy atom. The highest BCUT2D eigenvalue weighted by atomic mass is 19.2. The minimum Gasteiger partial charge on any atom is -0.351 e. The summed E-state index contributed by atoms with van der Waals surface area (Å²) in [4.78, 5) is 11.9. The quantitative estimate of drug-likeness (QED) is 0.838. The first kappa shape index (κ1) is 14.9. The Balaban J connectivity index is 2.05. The van der Waals surface area contributed by atoms with Gasteiger partial charge in [-0.25, -0.2) is 13.2 Å². The molecule has 0 saturated heterocycles. The van der Waals surface area contributed by atoms with E-state index >= 15 is 0 Å². The zero-order valence-electron chi connectivity index (χ0n) is 11.4. The molecule has 1 aliphatic carbocycles. The summed E-state index contributed by atoms with van der Waals surface area (Å²) in [5.41, 5.74) is -0.0992. The Bertz CT molecular complexity index is 487. The average molecular weight is 285 g/mol. The molecular formula is C15H18F3NO. The van der Waals surface area contributed by atoms with E-state index in [0.29, 0.717) is 6.54 Å². The van der Waals surface area contributed by atoms with Crippen molar-refractivity contribution in [1.82, 2.24) is 5.32 Å². The molecule has 5 heteroatoms. The van der Waals surface area contributed by atoms with Crippen molar-refractivity contribution < 1.29 is 18.0 Å². The van der Waals surface area contributed by atoms with Crippen LogP contribution in [0.1, 0.15) is 49.4 Å². The maximum Gasteiger partial charge on any atom is 0.251 e. The number of carbonyl (C=O) groups excluding carboxylic acids is 1. The van der Waals surface area contributed by atoms with Crippen LogP contribution in [0.3, 0.4) is 0 Å². The van der Waals surface area contributed by atoms with Gasteiger partial charge in [0.25, 0.3) is 5.91 Å². The number of halogens is 3. The van der Waals surface area contributed by atoms with E-state index in [1.807, 2.05) is 0 Å². The molecule has 0 aliphatic heterocycles. The smallest absolute Gasteiger partial charge is 0.251 e. The van der Waals surface area contributed by atoms with Gasteiger partial charge in [-0.3, -0.25) is 4.79 Å². The van der Waals surface area contributed by atoms with E-state index in [1.165, 1.54) is 0 Å². The predicted molar refractivity (Wildman–Crippen MR) is 69.8 cm³/mol. The topological polar surface area (TPSA) is 29.1 Å². The lowest BCUT2D eigenvalue weighted by Crippen LogP contribution is -2.35. The van der Waals surface area contributed by atoms with Crippen LogP contribution in [0.5, 0.6) is 0 Å². The average Bonchev–Trinajstić information content (AvgIpc) is 2.91. The molecule has 20 heavy (non-hydrogen) atoms. The molecule has 2 nitrogen and oxygen atoms in total. The zero-order valence-corrected chi connectivity index (χ0v) is 11.4. The van der Waals surface area contributed by atoms with E-state index in [2.05, 4.69) is 12.2 Å². The first-order chi connectivity index (χ1) is 9.47. The van der Waals surface area contributed by atoms with Crippen LogP contribution in [-0.2, 0) is 0 Å². The Hall–Kier alpha value is -1.52. The monoisotopic (exact) mass is 285 g/mol. The van der Waals surface area contributed by atoms with Crippen LogP contribution in [-0.4, -0.2) is 12.5 Å². The van der Waals surface area contributed by atoms with Gasteiger partial charge in [0.2, 0.25) is 0 Å². The summed E-state index contributed by atoms with van der Waals surface area (Å²) in [7, 11) is 0. The van der Waals surface area contributed by atoms with Crippen molar-refractivity contribution in [3.8, 4) is 0 Å². The molecule has 1 aromatic carbocycles. The van der Waals surface area contributed by atoms with Gasteiger partial charge >= 0.3 is 0 Å². The minimum absolute atomic E-state index is 0.0901. The van der Waals surface area contributed by atoms with Crippen molar-refractivity contribution >= 4 is 5.91 Å². The number of hydrogen-bond donors (Lipinski definition) is 1. The Kier molecular flexibility index (Phi) is 4.35. The molecule has 0 spiro atoms. The van der Waals surface area contributed by atoms with Crippen molar-refractivity contribution in [2.45, 2.75) is 39.0 Å². The molecule has 1 amide bonds. The van der Waals surface area contributed by atoms with Crippen LogP contribution < -0.4 is 5.32 Å². The number of carbonyl (C=O) groups is 1. The first-order valence-corrected chi connectivity index (χ1v) is 6.90. The SMILES string of the molecule is CCC1(CNC(=O)c2cc(F)c(F)c(F)c2)CCCC1. The number of amides is 1. The van der Waals surface area contributed by atoms with Gasteiger partial charge in [-0.1, -0.05) is 19.8 Å². The maximum absolute atomic E-state index is 13.1. The van der Waals surface area contributed by atoms with Gasteiger partial charge in [0, 0.05) is 12.1 Å². The van der Waals surface area contributed by atoms with Crippen LogP contribution in [0.2, 0.25) is 0 Å². The molecule has 0 aromatic heterocycles. The molecule has 0 bridgehead atoms. The lowest BCUT2D eigenvalue weighted by molar-refractivity contribution is 0.0927. The van der Waals surface area contributed by atoms with E-state index in [0.717, 1.165) is 44.2 Å². The summed E-state index contributed by atoms with van der Waals surface area (Å²) < 4.78 is 39.0. The fourth-order valence-corrected chi connectivity index (χ4v) is 2.84. The van der Waals surface area contributed by atoms with Gasteiger partial charge in [0.05, 0.1) is 0 Å². The molecule has 1 fully saturated rings. The second-order valence-corrected chi connectivity index (χ2v) is 5.50. The zero-order chi connectivity index (χ0) is 14.8.